The standard InChI is InChI=1S/C12H18N2S/c1-3-8-14-12(13)9-15-11-6-4-10(2)5-7-11/h4-7H,3,8-9H2,1-2H3,(H2,13,14). The molecule has 0 saturated heterocycles. The van der Waals surface area contributed by atoms with Crippen molar-refractivity contribution in [1.82, 2.24) is 0 Å². The fourth-order valence-corrected chi connectivity index (χ4v) is 1.83. The van der Waals surface area contributed by atoms with Crippen LogP contribution in [0.3, 0.4) is 0 Å². The second-order valence-electron chi connectivity index (χ2n) is 3.47. The summed E-state index contributed by atoms with van der Waals surface area (Å²) in [6.07, 6.45) is 1.05. The lowest BCUT2D eigenvalue weighted by Gasteiger charge is -2.02. The summed E-state index contributed by atoms with van der Waals surface area (Å²) < 4.78 is 0. The maximum Gasteiger partial charge on any atom is 0.104 e. The molecule has 0 bridgehead atoms. The monoisotopic (exact) mass is 222 g/mol. The van der Waals surface area contributed by atoms with Gasteiger partial charge >= 0.3 is 0 Å². The number of aliphatic imine (C=N–C) groups is 1. The number of nitrogens with two attached hydrogens (primary N) is 1. The molecule has 0 saturated carbocycles. The Morgan fingerprint density at radius 3 is 2.60 bits per heavy atom. The molecule has 0 amide bonds. The highest BCUT2D eigenvalue weighted by Gasteiger charge is 1.96. The molecule has 0 aliphatic rings. The maximum absolute atomic E-state index is 5.77. The molecule has 82 valence electrons. The van der Waals surface area contributed by atoms with Crippen LogP contribution >= 0.6 is 11.8 Å². The molecule has 0 aromatic heterocycles. The summed E-state index contributed by atoms with van der Waals surface area (Å²) in [6.45, 7) is 5.02. The zero-order valence-corrected chi connectivity index (χ0v) is 10.2. The number of nitrogens with zero attached hydrogens (tertiary/aromatic N) is 1. The van der Waals surface area contributed by atoms with Crippen LogP contribution in [0.1, 0.15) is 18.9 Å². The van der Waals surface area contributed by atoms with Crippen molar-refractivity contribution >= 4 is 17.6 Å². The molecule has 1 aromatic rings. The van der Waals surface area contributed by atoms with Gasteiger partial charge < -0.3 is 5.73 Å². The molecule has 0 radical (unpaired) electrons. The van der Waals surface area contributed by atoms with Gasteiger partial charge in [0.25, 0.3) is 0 Å². The normalized spacial score (nSPS) is 11.7. The lowest BCUT2D eigenvalue weighted by Crippen LogP contribution is -2.15. The minimum atomic E-state index is 0.738. The van der Waals surface area contributed by atoms with Gasteiger partial charge in [-0.25, -0.2) is 0 Å². The molecule has 0 unspecified atom stereocenters. The summed E-state index contributed by atoms with van der Waals surface area (Å²) in [5.41, 5.74) is 7.05. The van der Waals surface area contributed by atoms with Gasteiger partial charge in [0, 0.05) is 11.4 Å². The van der Waals surface area contributed by atoms with Gasteiger partial charge in [0.1, 0.15) is 5.84 Å². The lowest BCUT2D eigenvalue weighted by molar-refractivity contribution is 0.929. The van der Waals surface area contributed by atoms with Crippen LogP contribution in [-0.4, -0.2) is 18.1 Å². The van der Waals surface area contributed by atoms with Gasteiger partial charge in [-0.15, -0.1) is 11.8 Å². The SMILES string of the molecule is CCCN=C(N)CSc1ccc(C)cc1. The summed E-state index contributed by atoms with van der Waals surface area (Å²) in [5, 5.41) is 0. The zero-order chi connectivity index (χ0) is 11.1. The summed E-state index contributed by atoms with van der Waals surface area (Å²) in [5.74, 6) is 1.52. The average molecular weight is 222 g/mol. The molecule has 0 atom stereocenters. The summed E-state index contributed by atoms with van der Waals surface area (Å²) in [7, 11) is 0. The predicted molar refractivity (Wildman–Crippen MR) is 68.7 cm³/mol. The number of benzene rings is 1. The maximum atomic E-state index is 5.77. The Balaban J connectivity index is 2.40. The van der Waals surface area contributed by atoms with Crippen molar-refractivity contribution < 1.29 is 0 Å². The van der Waals surface area contributed by atoms with Crippen molar-refractivity contribution in [3.63, 3.8) is 0 Å². The number of thioether (sulfide) groups is 1. The summed E-state index contributed by atoms with van der Waals surface area (Å²) in [4.78, 5) is 5.49. The van der Waals surface area contributed by atoms with E-state index in [2.05, 4.69) is 43.1 Å². The van der Waals surface area contributed by atoms with Crippen LogP contribution in [0.5, 0.6) is 0 Å². The smallest absolute Gasteiger partial charge is 0.104 e. The first kappa shape index (κ1) is 12.1. The third-order valence-corrected chi connectivity index (χ3v) is 2.99. The van der Waals surface area contributed by atoms with Crippen LogP contribution in [0, 0.1) is 6.92 Å². The van der Waals surface area contributed by atoms with E-state index in [1.807, 2.05) is 0 Å². The van der Waals surface area contributed by atoms with Gasteiger partial charge in [-0.2, -0.15) is 0 Å². The van der Waals surface area contributed by atoms with Crippen molar-refractivity contribution in [2.75, 3.05) is 12.3 Å². The zero-order valence-electron chi connectivity index (χ0n) is 9.36. The first-order chi connectivity index (χ1) is 7.22. The van der Waals surface area contributed by atoms with Gasteiger partial charge in [-0.3, -0.25) is 4.99 Å². The van der Waals surface area contributed by atoms with Crippen LogP contribution in [-0.2, 0) is 0 Å². The van der Waals surface area contributed by atoms with E-state index in [1.54, 1.807) is 11.8 Å². The third kappa shape index (κ3) is 4.88. The van der Waals surface area contributed by atoms with Crippen molar-refractivity contribution in [2.45, 2.75) is 25.2 Å². The van der Waals surface area contributed by atoms with Crippen molar-refractivity contribution in [1.29, 1.82) is 0 Å². The van der Waals surface area contributed by atoms with Crippen LogP contribution in [0.2, 0.25) is 0 Å². The number of hydrogen-bond donors (Lipinski definition) is 1. The number of amidine groups is 1. The van der Waals surface area contributed by atoms with Crippen molar-refractivity contribution in [3.05, 3.63) is 29.8 Å². The molecule has 0 aliphatic heterocycles. The first-order valence-corrected chi connectivity index (χ1v) is 6.19. The van der Waals surface area contributed by atoms with E-state index in [0.29, 0.717) is 0 Å². The topological polar surface area (TPSA) is 38.4 Å². The number of hydrogen-bond acceptors (Lipinski definition) is 2. The molecule has 2 nitrogen and oxygen atoms in total. The highest BCUT2D eigenvalue weighted by atomic mass is 32.2. The number of aryl methyl sites for hydroxylation is 1. The highest BCUT2D eigenvalue weighted by Crippen LogP contribution is 2.17. The van der Waals surface area contributed by atoms with Gasteiger partial charge in [-0.1, -0.05) is 24.6 Å². The number of rotatable bonds is 5. The van der Waals surface area contributed by atoms with Crippen LogP contribution in [0.15, 0.2) is 34.2 Å². The van der Waals surface area contributed by atoms with E-state index in [0.717, 1.165) is 24.6 Å². The molecule has 2 N–H and O–H groups in total. The van der Waals surface area contributed by atoms with Crippen LogP contribution < -0.4 is 5.73 Å². The Hall–Kier alpha value is -0.960. The molecule has 15 heavy (non-hydrogen) atoms. The third-order valence-electron chi connectivity index (χ3n) is 1.95. The molecule has 1 rings (SSSR count). The Morgan fingerprint density at radius 2 is 2.00 bits per heavy atom. The molecule has 1 aromatic carbocycles. The van der Waals surface area contributed by atoms with Gasteiger partial charge in [0.05, 0.1) is 5.75 Å². The van der Waals surface area contributed by atoms with E-state index in [4.69, 9.17) is 5.73 Å². The fraction of sp³-hybridized carbons (Fsp3) is 0.417. The molecular formula is C12H18N2S. The Labute approximate surface area is 96.0 Å². The minimum absolute atomic E-state index is 0.738. The summed E-state index contributed by atoms with van der Waals surface area (Å²) >= 11 is 1.73. The average Bonchev–Trinajstić information content (AvgIpc) is 2.25. The van der Waals surface area contributed by atoms with Gasteiger partial charge in [0.15, 0.2) is 0 Å². The van der Waals surface area contributed by atoms with E-state index in [1.165, 1.54) is 10.5 Å². The van der Waals surface area contributed by atoms with E-state index in [-0.39, 0.29) is 0 Å². The first-order valence-electron chi connectivity index (χ1n) is 5.20. The van der Waals surface area contributed by atoms with E-state index >= 15 is 0 Å². The molecule has 3 heteroatoms. The lowest BCUT2D eigenvalue weighted by atomic mass is 10.2. The Bertz CT molecular complexity index is 317. The highest BCUT2D eigenvalue weighted by molar-refractivity contribution is 8.00. The fourth-order valence-electron chi connectivity index (χ4n) is 1.09. The molecule has 0 spiro atoms. The molecule has 0 fully saturated rings. The summed E-state index contributed by atoms with van der Waals surface area (Å²) in [6, 6.07) is 8.46. The second-order valence-corrected chi connectivity index (χ2v) is 4.52. The van der Waals surface area contributed by atoms with Gasteiger partial charge in [-0.05, 0) is 25.5 Å². The molecule has 0 aliphatic carbocycles. The van der Waals surface area contributed by atoms with Crippen molar-refractivity contribution in [2.24, 2.45) is 10.7 Å². The van der Waals surface area contributed by atoms with Crippen molar-refractivity contribution in [3.8, 4) is 0 Å². The van der Waals surface area contributed by atoms with Crippen LogP contribution in [0.4, 0.5) is 0 Å². The quantitative estimate of drug-likeness (QED) is 0.472. The Kier molecular flexibility index (Phi) is 5.26. The minimum Gasteiger partial charge on any atom is -0.387 e. The van der Waals surface area contributed by atoms with Gasteiger partial charge in [0.2, 0.25) is 0 Å². The predicted octanol–water partition coefficient (Wildman–Crippen LogP) is 2.85. The molecular weight excluding hydrogens is 204 g/mol. The Morgan fingerprint density at radius 1 is 1.33 bits per heavy atom. The largest absolute Gasteiger partial charge is 0.387 e. The second kappa shape index (κ2) is 6.51. The molecule has 0 heterocycles. The van der Waals surface area contributed by atoms with Crippen LogP contribution in [0.25, 0.3) is 0 Å². The van der Waals surface area contributed by atoms with E-state index in [9.17, 15) is 0 Å². The van der Waals surface area contributed by atoms with E-state index < -0.39 is 0 Å².